The molecule has 0 radical (unpaired) electrons. The molecule has 2 aromatic carbocycles. The SMILES string of the molecule is Cc1cc(CNc2ccc(OCC#N)cc2)ccc1F. The zero-order chi connectivity index (χ0) is 14.4. The predicted molar refractivity (Wildman–Crippen MR) is 76.0 cm³/mol. The fourth-order valence-corrected chi connectivity index (χ4v) is 1.81. The smallest absolute Gasteiger partial charge is 0.174 e. The second-order valence-corrected chi connectivity index (χ2v) is 4.41. The Hall–Kier alpha value is -2.54. The number of ether oxygens (including phenoxy) is 1. The molecule has 0 aliphatic heterocycles. The van der Waals surface area contributed by atoms with Gasteiger partial charge < -0.3 is 10.1 Å². The van der Waals surface area contributed by atoms with Gasteiger partial charge in [0.25, 0.3) is 0 Å². The fraction of sp³-hybridized carbons (Fsp3) is 0.188. The molecule has 0 bridgehead atoms. The lowest BCUT2D eigenvalue weighted by molar-refractivity contribution is 0.368. The monoisotopic (exact) mass is 270 g/mol. The first-order valence-corrected chi connectivity index (χ1v) is 6.28. The van der Waals surface area contributed by atoms with Crippen LogP contribution in [0.2, 0.25) is 0 Å². The molecule has 4 heteroatoms. The molecule has 0 heterocycles. The van der Waals surface area contributed by atoms with E-state index in [9.17, 15) is 4.39 Å². The topological polar surface area (TPSA) is 45.0 Å². The Morgan fingerprint density at radius 1 is 1.20 bits per heavy atom. The first kappa shape index (κ1) is 13.9. The highest BCUT2D eigenvalue weighted by Gasteiger charge is 2.00. The Labute approximate surface area is 117 Å². The van der Waals surface area contributed by atoms with Gasteiger partial charge in [0, 0.05) is 12.2 Å². The van der Waals surface area contributed by atoms with Gasteiger partial charge in [-0.2, -0.15) is 5.26 Å². The molecule has 0 aromatic heterocycles. The first-order valence-electron chi connectivity index (χ1n) is 6.28. The van der Waals surface area contributed by atoms with Gasteiger partial charge in [0.15, 0.2) is 6.61 Å². The van der Waals surface area contributed by atoms with Crippen LogP contribution in [0, 0.1) is 24.1 Å². The molecule has 3 nitrogen and oxygen atoms in total. The quantitative estimate of drug-likeness (QED) is 0.902. The second-order valence-electron chi connectivity index (χ2n) is 4.41. The van der Waals surface area contributed by atoms with Gasteiger partial charge in [0.05, 0.1) is 0 Å². The number of nitrogens with zero attached hydrogens (tertiary/aromatic N) is 1. The van der Waals surface area contributed by atoms with Gasteiger partial charge in [0.2, 0.25) is 0 Å². The van der Waals surface area contributed by atoms with Crippen LogP contribution in [0.1, 0.15) is 11.1 Å². The van der Waals surface area contributed by atoms with E-state index >= 15 is 0 Å². The molecule has 2 rings (SSSR count). The lowest BCUT2D eigenvalue weighted by atomic mass is 10.1. The van der Waals surface area contributed by atoms with Crippen LogP contribution < -0.4 is 10.1 Å². The summed E-state index contributed by atoms with van der Waals surface area (Å²) in [5.41, 5.74) is 2.61. The van der Waals surface area contributed by atoms with Crippen molar-refractivity contribution in [3.8, 4) is 11.8 Å². The molecule has 0 saturated carbocycles. The third-order valence-electron chi connectivity index (χ3n) is 2.88. The maximum absolute atomic E-state index is 13.2. The second kappa shape index (κ2) is 6.58. The molecular weight excluding hydrogens is 255 g/mol. The summed E-state index contributed by atoms with van der Waals surface area (Å²) in [6.07, 6.45) is 0. The molecule has 0 aliphatic rings. The van der Waals surface area contributed by atoms with Crippen LogP contribution in [0.3, 0.4) is 0 Å². The number of hydrogen-bond donors (Lipinski definition) is 1. The Morgan fingerprint density at radius 2 is 1.95 bits per heavy atom. The minimum absolute atomic E-state index is 0.0433. The lowest BCUT2D eigenvalue weighted by Crippen LogP contribution is -2.00. The number of anilines is 1. The van der Waals surface area contributed by atoms with E-state index in [0.29, 0.717) is 17.9 Å². The minimum Gasteiger partial charge on any atom is -0.479 e. The summed E-state index contributed by atoms with van der Waals surface area (Å²) >= 11 is 0. The molecule has 2 aromatic rings. The molecule has 0 atom stereocenters. The van der Waals surface area contributed by atoms with E-state index in [0.717, 1.165) is 11.3 Å². The summed E-state index contributed by atoms with van der Waals surface area (Å²) in [7, 11) is 0. The Bertz CT molecular complexity index is 617. The molecule has 102 valence electrons. The molecular formula is C16H15FN2O. The third-order valence-corrected chi connectivity index (χ3v) is 2.88. The van der Waals surface area contributed by atoms with Crippen molar-refractivity contribution in [2.24, 2.45) is 0 Å². The highest BCUT2D eigenvalue weighted by molar-refractivity contribution is 5.47. The first-order chi connectivity index (χ1) is 9.69. The van der Waals surface area contributed by atoms with Crippen molar-refractivity contribution in [3.63, 3.8) is 0 Å². The number of nitrogens with one attached hydrogen (secondary N) is 1. The molecule has 0 aliphatic carbocycles. The van der Waals surface area contributed by atoms with Crippen molar-refractivity contribution in [1.29, 1.82) is 5.26 Å². The molecule has 0 unspecified atom stereocenters. The fourth-order valence-electron chi connectivity index (χ4n) is 1.81. The number of benzene rings is 2. The maximum atomic E-state index is 13.2. The summed E-state index contributed by atoms with van der Waals surface area (Å²) < 4.78 is 18.3. The summed E-state index contributed by atoms with van der Waals surface area (Å²) in [5, 5.41) is 11.7. The van der Waals surface area contributed by atoms with Gasteiger partial charge in [-0.3, -0.25) is 0 Å². The van der Waals surface area contributed by atoms with Gasteiger partial charge in [0.1, 0.15) is 17.6 Å². The molecule has 0 saturated heterocycles. The zero-order valence-electron chi connectivity index (χ0n) is 11.2. The normalized spacial score (nSPS) is 9.85. The van der Waals surface area contributed by atoms with Gasteiger partial charge in [-0.25, -0.2) is 4.39 Å². The maximum Gasteiger partial charge on any atom is 0.174 e. The number of nitriles is 1. The lowest BCUT2D eigenvalue weighted by Gasteiger charge is -2.08. The minimum atomic E-state index is -0.187. The highest BCUT2D eigenvalue weighted by Crippen LogP contribution is 2.17. The molecule has 0 amide bonds. The van der Waals surface area contributed by atoms with E-state index in [-0.39, 0.29) is 12.4 Å². The number of rotatable bonds is 5. The summed E-state index contributed by atoms with van der Waals surface area (Å²) in [6.45, 7) is 2.42. The van der Waals surface area contributed by atoms with Gasteiger partial charge >= 0.3 is 0 Å². The number of aryl methyl sites for hydroxylation is 1. The van der Waals surface area contributed by atoms with Gasteiger partial charge in [-0.1, -0.05) is 12.1 Å². The van der Waals surface area contributed by atoms with E-state index in [2.05, 4.69) is 5.32 Å². The van der Waals surface area contributed by atoms with Crippen molar-refractivity contribution in [2.45, 2.75) is 13.5 Å². The Morgan fingerprint density at radius 3 is 2.60 bits per heavy atom. The highest BCUT2D eigenvalue weighted by atomic mass is 19.1. The third kappa shape index (κ3) is 3.72. The van der Waals surface area contributed by atoms with Crippen molar-refractivity contribution in [3.05, 3.63) is 59.4 Å². The predicted octanol–water partition coefficient (Wildman–Crippen LogP) is 3.65. The van der Waals surface area contributed by atoms with Crippen LogP contribution in [0.4, 0.5) is 10.1 Å². The number of hydrogen-bond acceptors (Lipinski definition) is 3. The Kier molecular flexibility index (Phi) is 4.56. The van der Waals surface area contributed by atoms with Crippen LogP contribution in [0.25, 0.3) is 0 Å². The largest absolute Gasteiger partial charge is 0.479 e. The molecule has 0 spiro atoms. The standard InChI is InChI=1S/C16H15FN2O/c1-12-10-13(2-7-16(12)17)11-19-14-3-5-15(6-4-14)20-9-8-18/h2-7,10,19H,9,11H2,1H3. The van der Waals surface area contributed by atoms with Crippen molar-refractivity contribution >= 4 is 5.69 Å². The Balaban J connectivity index is 1.93. The van der Waals surface area contributed by atoms with Crippen LogP contribution in [0.5, 0.6) is 5.75 Å². The van der Waals surface area contributed by atoms with Crippen LogP contribution in [-0.4, -0.2) is 6.61 Å². The van der Waals surface area contributed by atoms with Crippen LogP contribution >= 0.6 is 0 Å². The van der Waals surface area contributed by atoms with Crippen LogP contribution in [-0.2, 0) is 6.54 Å². The van der Waals surface area contributed by atoms with Crippen molar-refractivity contribution in [1.82, 2.24) is 0 Å². The number of halogens is 1. The summed E-state index contributed by atoms with van der Waals surface area (Å²) in [5.74, 6) is 0.475. The van der Waals surface area contributed by atoms with E-state index in [1.807, 2.05) is 24.3 Å². The molecule has 1 N–H and O–H groups in total. The van der Waals surface area contributed by atoms with Gasteiger partial charge in [-0.05, 0) is 48.4 Å². The zero-order valence-corrected chi connectivity index (χ0v) is 11.2. The summed E-state index contributed by atoms with van der Waals surface area (Å²) in [6, 6.07) is 14.3. The van der Waals surface area contributed by atoms with Gasteiger partial charge in [-0.15, -0.1) is 0 Å². The average molecular weight is 270 g/mol. The van der Waals surface area contributed by atoms with E-state index in [1.54, 1.807) is 25.1 Å². The van der Waals surface area contributed by atoms with Crippen molar-refractivity contribution < 1.29 is 9.13 Å². The molecule has 20 heavy (non-hydrogen) atoms. The average Bonchev–Trinajstić information content (AvgIpc) is 2.47. The van der Waals surface area contributed by atoms with E-state index in [4.69, 9.17) is 10.00 Å². The molecule has 0 fully saturated rings. The van der Waals surface area contributed by atoms with E-state index in [1.165, 1.54) is 6.07 Å². The van der Waals surface area contributed by atoms with Crippen molar-refractivity contribution in [2.75, 3.05) is 11.9 Å². The van der Waals surface area contributed by atoms with E-state index < -0.39 is 0 Å². The van der Waals surface area contributed by atoms with Crippen LogP contribution in [0.15, 0.2) is 42.5 Å². The summed E-state index contributed by atoms with van der Waals surface area (Å²) in [4.78, 5) is 0.